The second-order valence-electron chi connectivity index (χ2n) is 4.21. The molecule has 0 aliphatic carbocycles. The van der Waals surface area contributed by atoms with Crippen molar-refractivity contribution in [1.29, 1.82) is 0 Å². The van der Waals surface area contributed by atoms with Crippen molar-refractivity contribution in [3.05, 3.63) is 38.4 Å². The van der Waals surface area contributed by atoms with E-state index in [0.29, 0.717) is 17.3 Å². The Kier molecular flexibility index (Phi) is 4.42. The molecule has 0 aromatic carbocycles. The largest absolute Gasteiger partial charge is 0.326 e. The van der Waals surface area contributed by atoms with E-state index < -0.39 is 10.0 Å². The molecule has 0 amide bonds. The topological polar surface area (TPSA) is 72.2 Å². The van der Waals surface area contributed by atoms with Gasteiger partial charge in [-0.25, -0.2) is 13.1 Å². The minimum Gasteiger partial charge on any atom is -0.326 e. The van der Waals surface area contributed by atoms with Crippen LogP contribution in [-0.2, 0) is 23.1 Å². The lowest BCUT2D eigenvalue weighted by Gasteiger charge is -2.02. The van der Waals surface area contributed by atoms with E-state index in [0.717, 1.165) is 15.3 Å². The summed E-state index contributed by atoms with van der Waals surface area (Å²) in [6.07, 6.45) is 0. The van der Waals surface area contributed by atoms with Crippen LogP contribution in [-0.4, -0.2) is 8.42 Å². The molecule has 0 fully saturated rings. The number of hydrogen-bond acceptors (Lipinski definition) is 5. The molecule has 0 bridgehead atoms. The summed E-state index contributed by atoms with van der Waals surface area (Å²) < 4.78 is 27.3. The normalized spacial score (nSPS) is 11.9. The Morgan fingerprint density at radius 3 is 2.53 bits per heavy atom. The van der Waals surface area contributed by atoms with Crippen molar-refractivity contribution < 1.29 is 8.42 Å². The van der Waals surface area contributed by atoms with E-state index in [4.69, 9.17) is 5.73 Å². The molecule has 0 unspecified atom stereocenters. The Hall–Kier alpha value is -0.730. The summed E-state index contributed by atoms with van der Waals surface area (Å²) in [7, 11) is -3.44. The molecule has 0 saturated carbocycles. The minimum atomic E-state index is -3.44. The second kappa shape index (κ2) is 5.72. The van der Waals surface area contributed by atoms with Crippen molar-refractivity contribution in [2.45, 2.75) is 31.1 Å². The van der Waals surface area contributed by atoms with Crippen LogP contribution in [0, 0.1) is 13.8 Å². The fourth-order valence-electron chi connectivity index (χ4n) is 1.64. The summed E-state index contributed by atoms with van der Waals surface area (Å²) in [4.78, 5) is 3.09. The highest BCUT2D eigenvalue weighted by atomic mass is 32.2. The molecule has 0 atom stereocenters. The minimum absolute atomic E-state index is 0.329. The van der Waals surface area contributed by atoms with E-state index in [-0.39, 0.29) is 0 Å². The van der Waals surface area contributed by atoms with Gasteiger partial charge in [-0.05, 0) is 37.6 Å². The molecule has 2 aromatic heterocycles. The van der Waals surface area contributed by atoms with E-state index in [2.05, 4.69) is 4.72 Å². The molecule has 2 heterocycles. The predicted molar refractivity (Wildman–Crippen MR) is 80.0 cm³/mol. The summed E-state index contributed by atoms with van der Waals surface area (Å²) in [5, 5.41) is 0. The van der Waals surface area contributed by atoms with Gasteiger partial charge in [-0.2, -0.15) is 0 Å². The molecule has 19 heavy (non-hydrogen) atoms. The highest BCUT2D eigenvalue weighted by Crippen LogP contribution is 2.25. The van der Waals surface area contributed by atoms with Crippen LogP contribution in [0.15, 0.2) is 22.4 Å². The van der Waals surface area contributed by atoms with E-state index >= 15 is 0 Å². The second-order valence-corrected chi connectivity index (χ2v) is 8.72. The monoisotopic (exact) mass is 316 g/mol. The maximum absolute atomic E-state index is 12.2. The highest BCUT2D eigenvalue weighted by molar-refractivity contribution is 7.91. The van der Waals surface area contributed by atoms with Gasteiger partial charge in [0.05, 0.1) is 0 Å². The van der Waals surface area contributed by atoms with Crippen molar-refractivity contribution >= 4 is 32.7 Å². The Labute approximate surface area is 121 Å². The van der Waals surface area contributed by atoms with Crippen LogP contribution >= 0.6 is 22.7 Å². The molecule has 2 rings (SSSR count). The molecule has 0 saturated heterocycles. The first-order valence-electron chi connectivity index (χ1n) is 5.77. The molecule has 7 heteroatoms. The molecular weight excluding hydrogens is 300 g/mol. The molecule has 104 valence electrons. The van der Waals surface area contributed by atoms with Crippen molar-refractivity contribution in [3.63, 3.8) is 0 Å². The van der Waals surface area contributed by atoms with Crippen LogP contribution in [0.2, 0.25) is 0 Å². The van der Waals surface area contributed by atoms with E-state index in [9.17, 15) is 8.42 Å². The molecule has 3 N–H and O–H groups in total. The summed E-state index contributed by atoms with van der Waals surface area (Å²) in [5.74, 6) is 0. The van der Waals surface area contributed by atoms with Crippen LogP contribution in [0.25, 0.3) is 0 Å². The zero-order chi connectivity index (χ0) is 14.0. The van der Waals surface area contributed by atoms with Gasteiger partial charge in [-0.1, -0.05) is 0 Å². The van der Waals surface area contributed by atoms with Gasteiger partial charge in [0.1, 0.15) is 4.21 Å². The Morgan fingerprint density at radius 2 is 2.00 bits per heavy atom. The number of rotatable bonds is 5. The summed E-state index contributed by atoms with van der Waals surface area (Å²) in [6, 6.07) is 5.60. The number of thiophene rings is 2. The SMILES string of the molecule is Cc1ccc(CNS(=O)(=O)c2cc(C)c(CN)s2)s1. The van der Waals surface area contributed by atoms with Crippen LogP contribution in [0.3, 0.4) is 0 Å². The van der Waals surface area contributed by atoms with Crippen LogP contribution < -0.4 is 10.5 Å². The lowest BCUT2D eigenvalue weighted by Crippen LogP contribution is -2.21. The summed E-state index contributed by atoms with van der Waals surface area (Å²) in [6.45, 7) is 4.57. The quantitative estimate of drug-likeness (QED) is 0.889. The molecular formula is C12H16N2O2S3. The third-order valence-electron chi connectivity index (χ3n) is 2.68. The van der Waals surface area contributed by atoms with Crippen molar-refractivity contribution in [3.8, 4) is 0 Å². The van der Waals surface area contributed by atoms with Crippen LogP contribution in [0.4, 0.5) is 0 Å². The van der Waals surface area contributed by atoms with Crippen molar-refractivity contribution in [2.24, 2.45) is 5.73 Å². The zero-order valence-electron chi connectivity index (χ0n) is 10.8. The van der Waals surface area contributed by atoms with Gasteiger partial charge in [-0.15, -0.1) is 22.7 Å². The molecule has 0 radical (unpaired) electrons. The average molecular weight is 316 g/mol. The fraction of sp³-hybridized carbons (Fsp3) is 0.333. The van der Waals surface area contributed by atoms with Gasteiger partial charge in [0.2, 0.25) is 10.0 Å². The summed E-state index contributed by atoms with van der Waals surface area (Å²) in [5.41, 5.74) is 6.50. The summed E-state index contributed by atoms with van der Waals surface area (Å²) >= 11 is 2.83. The Morgan fingerprint density at radius 1 is 1.26 bits per heavy atom. The molecule has 0 aliphatic heterocycles. The van der Waals surface area contributed by atoms with E-state index in [1.807, 2.05) is 26.0 Å². The van der Waals surface area contributed by atoms with Crippen molar-refractivity contribution in [2.75, 3.05) is 0 Å². The zero-order valence-corrected chi connectivity index (χ0v) is 13.2. The Bertz CT molecular complexity index is 671. The van der Waals surface area contributed by atoms with Crippen molar-refractivity contribution in [1.82, 2.24) is 4.72 Å². The molecule has 4 nitrogen and oxygen atoms in total. The highest BCUT2D eigenvalue weighted by Gasteiger charge is 2.18. The van der Waals surface area contributed by atoms with Gasteiger partial charge < -0.3 is 5.73 Å². The maximum Gasteiger partial charge on any atom is 0.250 e. The molecule has 2 aromatic rings. The van der Waals surface area contributed by atoms with Gasteiger partial charge in [-0.3, -0.25) is 0 Å². The number of aryl methyl sites for hydroxylation is 2. The third kappa shape index (κ3) is 3.43. The van der Waals surface area contributed by atoms with Gasteiger partial charge >= 0.3 is 0 Å². The third-order valence-corrected chi connectivity index (χ3v) is 6.82. The standard InChI is InChI=1S/C12H16N2O2S3/c1-8-5-12(18-11(8)6-13)19(15,16)14-7-10-4-3-9(2)17-10/h3-5,14H,6-7,13H2,1-2H3. The lowest BCUT2D eigenvalue weighted by molar-refractivity contribution is 0.584. The van der Waals surface area contributed by atoms with Gasteiger partial charge in [0.15, 0.2) is 0 Å². The number of hydrogen-bond donors (Lipinski definition) is 2. The number of nitrogens with two attached hydrogens (primary N) is 1. The molecule has 0 spiro atoms. The first-order chi connectivity index (χ1) is 8.92. The van der Waals surface area contributed by atoms with E-state index in [1.54, 1.807) is 17.4 Å². The number of nitrogens with one attached hydrogen (secondary N) is 1. The maximum atomic E-state index is 12.2. The Balaban J connectivity index is 2.13. The van der Waals surface area contributed by atoms with Gasteiger partial charge in [0, 0.05) is 27.7 Å². The molecule has 0 aliphatic rings. The van der Waals surface area contributed by atoms with E-state index in [1.165, 1.54) is 16.2 Å². The first kappa shape index (κ1) is 14.7. The fourth-order valence-corrected chi connectivity index (χ4v) is 5.08. The van der Waals surface area contributed by atoms with Gasteiger partial charge in [0.25, 0.3) is 0 Å². The smallest absolute Gasteiger partial charge is 0.250 e. The van der Waals surface area contributed by atoms with Crippen LogP contribution in [0.5, 0.6) is 0 Å². The van der Waals surface area contributed by atoms with Crippen LogP contribution in [0.1, 0.15) is 20.2 Å². The first-order valence-corrected chi connectivity index (χ1v) is 8.88. The lowest BCUT2D eigenvalue weighted by atomic mass is 10.3. The number of sulfonamides is 1. The average Bonchev–Trinajstić information content (AvgIpc) is 2.93. The predicted octanol–water partition coefficient (Wildman–Crippen LogP) is 2.36.